The summed E-state index contributed by atoms with van der Waals surface area (Å²) in [6, 6.07) is 3.09. The van der Waals surface area contributed by atoms with Crippen LogP contribution >= 0.6 is 0 Å². The zero-order chi connectivity index (χ0) is 11.8. The molecule has 1 aromatic carbocycles. The number of methoxy groups -OCH3 is 1. The molecule has 1 heterocycles. The molecule has 1 fully saturated rings. The van der Waals surface area contributed by atoms with Gasteiger partial charge in [-0.25, -0.2) is 0 Å². The molecule has 0 aliphatic carbocycles. The number of rotatable bonds is 2. The van der Waals surface area contributed by atoms with Crippen LogP contribution < -0.4 is 10.1 Å². The number of halogens is 1. The van der Waals surface area contributed by atoms with Crippen molar-refractivity contribution >= 4 is 0 Å². The van der Waals surface area contributed by atoms with Gasteiger partial charge in [-0.3, -0.25) is 0 Å². The van der Waals surface area contributed by atoms with Gasteiger partial charge >= 0.3 is 0 Å². The Morgan fingerprint density at radius 1 is 1.50 bits per heavy atom. The van der Waals surface area contributed by atoms with Gasteiger partial charge in [-0.15, -0.1) is 0 Å². The quantitative estimate of drug-likeness (QED) is 0.810. The number of hydrogen-bond donors (Lipinski definition) is 2. The van der Waals surface area contributed by atoms with E-state index in [1.165, 1.54) is 13.2 Å². The fraction of sp³-hybridized carbons (Fsp3) is 0.500. The zero-order valence-electron chi connectivity index (χ0n) is 9.51. The first-order valence-electron chi connectivity index (χ1n) is 5.39. The number of phenolic OH excluding ortho intramolecular Hbond substituents is 1. The van der Waals surface area contributed by atoms with Crippen molar-refractivity contribution in [2.45, 2.75) is 25.3 Å². The summed E-state index contributed by atoms with van der Waals surface area (Å²) in [7, 11) is 1.42. The number of phenols is 1. The minimum absolute atomic E-state index is 0.136. The summed E-state index contributed by atoms with van der Waals surface area (Å²) < 4.78 is 18.7. The molecule has 1 saturated heterocycles. The third-order valence-corrected chi connectivity index (χ3v) is 3.24. The molecule has 2 rings (SSSR count). The summed E-state index contributed by atoms with van der Waals surface area (Å²) >= 11 is 0. The topological polar surface area (TPSA) is 41.5 Å². The molecule has 3 nitrogen and oxygen atoms in total. The number of aromatic hydroxyl groups is 1. The van der Waals surface area contributed by atoms with Gasteiger partial charge in [0.05, 0.1) is 7.11 Å². The Morgan fingerprint density at radius 3 is 2.81 bits per heavy atom. The summed E-state index contributed by atoms with van der Waals surface area (Å²) in [6.07, 6.45) is 2.00. The van der Waals surface area contributed by atoms with Gasteiger partial charge in [-0.2, -0.15) is 4.39 Å². The van der Waals surface area contributed by atoms with E-state index in [-0.39, 0.29) is 17.0 Å². The fourth-order valence-corrected chi connectivity index (χ4v) is 2.30. The zero-order valence-corrected chi connectivity index (χ0v) is 9.51. The number of nitrogens with one attached hydrogen (secondary N) is 1. The van der Waals surface area contributed by atoms with Crippen LogP contribution in [-0.4, -0.2) is 18.8 Å². The number of ether oxygens (including phenoxy) is 1. The number of hydrogen-bond acceptors (Lipinski definition) is 3. The molecule has 0 bridgehead atoms. The maximum Gasteiger partial charge on any atom is 0.206 e. The normalized spacial score (nSPS) is 24.7. The lowest BCUT2D eigenvalue weighted by atomic mass is 9.89. The van der Waals surface area contributed by atoms with Gasteiger partial charge in [0.1, 0.15) is 0 Å². The van der Waals surface area contributed by atoms with Crippen LogP contribution in [0.4, 0.5) is 4.39 Å². The van der Waals surface area contributed by atoms with Crippen molar-refractivity contribution in [2.24, 2.45) is 0 Å². The first kappa shape index (κ1) is 11.2. The molecular weight excluding hydrogens is 209 g/mol. The smallest absolute Gasteiger partial charge is 0.206 e. The van der Waals surface area contributed by atoms with Crippen molar-refractivity contribution in [2.75, 3.05) is 13.7 Å². The molecule has 1 aromatic rings. The van der Waals surface area contributed by atoms with E-state index < -0.39 is 5.82 Å². The molecule has 1 aliphatic heterocycles. The molecule has 0 saturated carbocycles. The van der Waals surface area contributed by atoms with E-state index in [4.69, 9.17) is 4.74 Å². The Balaban J connectivity index is 2.52. The second-order valence-electron chi connectivity index (χ2n) is 4.34. The largest absolute Gasteiger partial charge is 0.505 e. The first-order chi connectivity index (χ1) is 7.58. The molecule has 1 atom stereocenters. The van der Waals surface area contributed by atoms with E-state index in [1.54, 1.807) is 6.07 Å². The molecule has 4 heteroatoms. The molecule has 1 unspecified atom stereocenters. The van der Waals surface area contributed by atoms with E-state index in [0.717, 1.165) is 24.9 Å². The highest BCUT2D eigenvalue weighted by Crippen LogP contribution is 2.39. The van der Waals surface area contributed by atoms with Crippen LogP contribution in [0.25, 0.3) is 0 Å². The van der Waals surface area contributed by atoms with Crippen LogP contribution in [0.3, 0.4) is 0 Å². The average molecular weight is 225 g/mol. The van der Waals surface area contributed by atoms with Crippen molar-refractivity contribution in [3.05, 3.63) is 23.5 Å². The highest BCUT2D eigenvalue weighted by Gasteiger charge is 2.34. The standard InChI is InChI=1S/C12H16FNO2/c1-12(6-3-7-14-12)8-4-5-9(15)10(13)11(8)16-2/h4-5,14-15H,3,6-7H2,1-2H3. The molecule has 0 amide bonds. The summed E-state index contributed by atoms with van der Waals surface area (Å²) in [5.74, 6) is -0.922. The van der Waals surface area contributed by atoms with E-state index in [0.29, 0.717) is 0 Å². The molecule has 16 heavy (non-hydrogen) atoms. The maximum atomic E-state index is 13.7. The maximum absolute atomic E-state index is 13.7. The summed E-state index contributed by atoms with van der Waals surface area (Å²) in [6.45, 7) is 2.94. The van der Waals surface area contributed by atoms with E-state index in [1.807, 2.05) is 6.92 Å². The first-order valence-corrected chi connectivity index (χ1v) is 5.39. The van der Waals surface area contributed by atoms with E-state index >= 15 is 0 Å². The third-order valence-electron chi connectivity index (χ3n) is 3.24. The van der Waals surface area contributed by atoms with Crippen LogP contribution in [0.2, 0.25) is 0 Å². The van der Waals surface area contributed by atoms with Crippen molar-refractivity contribution in [3.8, 4) is 11.5 Å². The Kier molecular flexibility index (Phi) is 2.76. The summed E-state index contributed by atoms with van der Waals surface area (Å²) in [4.78, 5) is 0. The molecule has 0 spiro atoms. The Morgan fingerprint density at radius 2 is 2.25 bits per heavy atom. The highest BCUT2D eigenvalue weighted by atomic mass is 19.1. The fourth-order valence-electron chi connectivity index (χ4n) is 2.30. The van der Waals surface area contributed by atoms with Gasteiger partial charge < -0.3 is 15.2 Å². The average Bonchev–Trinajstić information content (AvgIpc) is 2.70. The predicted octanol–water partition coefficient (Wildman–Crippen LogP) is 2.14. The molecule has 0 radical (unpaired) electrons. The van der Waals surface area contributed by atoms with Crippen molar-refractivity contribution in [3.63, 3.8) is 0 Å². The highest BCUT2D eigenvalue weighted by molar-refractivity contribution is 5.46. The van der Waals surface area contributed by atoms with Gasteiger partial charge in [0.15, 0.2) is 11.5 Å². The lowest BCUT2D eigenvalue weighted by Gasteiger charge is -2.27. The SMILES string of the molecule is COc1c(C2(C)CCCN2)ccc(O)c1F. The van der Waals surface area contributed by atoms with Crippen LogP contribution in [0, 0.1) is 5.82 Å². The third kappa shape index (κ3) is 1.63. The van der Waals surface area contributed by atoms with Crippen LogP contribution in [0.15, 0.2) is 12.1 Å². The molecular formula is C12H16FNO2. The minimum atomic E-state index is -0.685. The van der Waals surface area contributed by atoms with Crippen molar-refractivity contribution in [1.82, 2.24) is 5.32 Å². The van der Waals surface area contributed by atoms with E-state index in [9.17, 15) is 9.50 Å². The Labute approximate surface area is 94.2 Å². The second kappa shape index (κ2) is 3.94. The summed E-state index contributed by atoms with van der Waals surface area (Å²) in [5, 5.41) is 12.6. The van der Waals surface area contributed by atoms with Crippen LogP contribution in [0.5, 0.6) is 11.5 Å². The lowest BCUT2D eigenvalue weighted by Crippen LogP contribution is -2.33. The van der Waals surface area contributed by atoms with Gasteiger partial charge in [0.25, 0.3) is 0 Å². The van der Waals surface area contributed by atoms with Gasteiger partial charge in [0, 0.05) is 11.1 Å². The molecule has 0 aromatic heterocycles. The lowest BCUT2D eigenvalue weighted by molar-refractivity contribution is 0.337. The Hall–Kier alpha value is -1.29. The van der Waals surface area contributed by atoms with Gasteiger partial charge in [0.2, 0.25) is 5.82 Å². The van der Waals surface area contributed by atoms with Gasteiger partial charge in [-0.1, -0.05) is 0 Å². The number of benzene rings is 1. The monoisotopic (exact) mass is 225 g/mol. The van der Waals surface area contributed by atoms with Crippen LogP contribution in [-0.2, 0) is 5.54 Å². The predicted molar refractivity (Wildman–Crippen MR) is 59.2 cm³/mol. The van der Waals surface area contributed by atoms with E-state index in [2.05, 4.69) is 5.32 Å². The van der Waals surface area contributed by atoms with Gasteiger partial charge in [-0.05, 0) is 38.4 Å². The Bertz CT molecular complexity index is 400. The molecule has 88 valence electrons. The van der Waals surface area contributed by atoms with Crippen LogP contribution in [0.1, 0.15) is 25.3 Å². The molecule has 1 aliphatic rings. The summed E-state index contributed by atoms with van der Waals surface area (Å²) in [5.41, 5.74) is 0.502. The van der Waals surface area contributed by atoms with Crippen molar-refractivity contribution in [1.29, 1.82) is 0 Å². The minimum Gasteiger partial charge on any atom is -0.505 e. The molecule has 2 N–H and O–H groups in total. The van der Waals surface area contributed by atoms with Crippen molar-refractivity contribution < 1.29 is 14.2 Å². The second-order valence-corrected chi connectivity index (χ2v) is 4.34.